The fourth-order valence-electron chi connectivity index (χ4n) is 2.77. The maximum absolute atomic E-state index is 11.7. The molecule has 1 saturated carbocycles. The van der Waals surface area contributed by atoms with E-state index in [9.17, 15) is 4.79 Å². The molecule has 0 aliphatic heterocycles. The SMILES string of the molecule is CNC(=O)c1ccc(C)c(NC2CCCC(OC)C2)c1. The molecule has 20 heavy (non-hydrogen) atoms. The molecule has 2 unspecified atom stereocenters. The van der Waals surface area contributed by atoms with Crippen molar-refractivity contribution in [2.45, 2.75) is 44.8 Å². The van der Waals surface area contributed by atoms with Gasteiger partial charge in [-0.1, -0.05) is 6.07 Å². The number of carbonyl (C=O) groups is 1. The van der Waals surface area contributed by atoms with Gasteiger partial charge >= 0.3 is 0 Å². The monoisotopic (exact) mass is 276 g/mol. The highest BCUT2D eigenvalue weighted by molar-refractivity contribution is 5.95. The Morgan fingerprint density at radius 1 is 1.35 bits per heavy atom. The number of benzene rings is 1. The minimum Gasteiger partial charge on any atom is -0.382 e. The molecule has 1 aromatic carbocycles. The molecule has 0 spiro atoms. The van der Waals surface area contributed by atoms with Gasteiger partial charge in [0.2, 0.25) is 0 Å². The number of nitrogens with one attached hydrogen (secondary N) is 2. The van der Waals surface area contributed by atoms with Gasteiger partial charge in [-0.15, -0.1) is 0 Å². The van der Waals surface area contributed by atoms with Crippen molar-refractivity contribution in [1.82, 2.24) is 5.32 Å². The van der Waals surface area contributed by atoms with E-state index >= 15 is 0 Å². The lowest BCUT2D eigenvalue weighted by atomic mass is 9.92. The molecular formula is C16H24N2O2. The summed E-state index contributed by atoms with van der Waals surface area (Å²) in [6, 6.07) is 6.21. The van der Waals surface area contributed by atoms with E-state index in [-0.39, 0.29) is 5.91 Å². The summed E-state index contributed by atoms with van der Waals surface area (Å²) in [7, 11) is 3.43. The first-order valence-electron chi connectivity index (χ1n) is 7.26. The number of methoxy groups -OCH3 is 1. The van der Waals surface area contributed by atoms with Gasteiger partial charge in [-0.3, -0.25) is 4.79 Å². The van der Waals surface area contributed by atoms with Crippen LogP contribution in [0.2, 0.25) is 0 Å². The topological polar surface area (TPSA) is 50.4 Å². The summed E-state index contributed by atoms with van der Waals surface area (Å²) < 4.78 is 5.46. The Hall–Kier alpha value is -1.55. The third-order valence-electron chi connectivity index (χ3n) is 4.05. The number of hydrogen-bond donors (Lipinski definition) is 2. The first-order chi connectivity index (χ1) is 9.63. The van der Waals surface area contributed by atoms with Crippen molar-refractivity contribution < 1.29 is 9.53 Å². The Labute approximate surface area is 120 Å². The maximum Gasteiger partial charge on any atom is 0.251 e. The number of anilines is 1. The predicted octanol–water partition coefficient (Wildman–Crippen LogP) is 2.72. The van der Waals surface area contributed by atoms with Crippen LogP contribution in [0.5, 0.6) is 0 Å². The predicted molar refractivity (Wildman–Crippen MR) is 81.2 cm³/mol. The van der Waals surface area contributed by atoms with Crippen LogP contribution < -0.4 is 10.6 Å². The molecule has 4 nitrogen and oxygen atoms in total. The zero-order valence-electron chi connectivity index (χ0n) is 12.5. The largest absolute Gasteiger partial charge is 0.382 e. The van der Waals surface area contributed by atoms with E-state index in [0.717, 1.165) is 30.5 Å². The molecule has 2 N–H and O–H groups in total. The van der Waals surface area contributed by atoms with Crippen LogP contribution in [0.25, 0.3) is 0 Å². The molecule has 1 fully saturated rings. The number of aryl methyl sites for hydroxylation is 1. The summed E-state index contributed by atoms with van der Waals surface area (Å²) in [5, 5.41) is 6.23. The van der Waals surface area contributed by atoms with Crippen LogP contribution in [0.4, 0.5) is 5.69 Å². The second kappa shape index (κ2) is 6.75. The van der Waals surface area contributed by atoms with Crippen LogP contribution in [0.15, 0.2) is 18.2 Å². The van der Waals surface area contributed by atoms with E-state index < -0.39 is 0 Å². The first kappa shape index (κ1) is 14.9. The van der Waals surface area contributed by atoms with Gasteiger partial charge in [0.1, 0.15) is 0 Å². The number of hydrogen-bond acceptors (Lipinski definition) is 3. The summed E-state index contributed by atoms with van der Waals surface area (Å²) >= 11 is 0. The minimum atomic E-state index is -0.0496. The van der Waals surface area contributed by atoms with Crippen LogP contribution in [0.3, 0.4) is 0 Å². The van der Waals surface area contributed by atoms with Gasteiger partial charge in [0, 0.05) is 31.5 Å². The third-order valence-corrected chi connectivity index (χ3v) is 4.05. The average molecular weight is 276 g/mol. The molecule has 0 heterocycles. The Morgan fingerprint density at radius 2 is 2.15 bits per heavy atom. The van der Waals surface area contributed by atoms with Crippen molar-refractivity contribution in [2.24, 2.45) is 0 Å². The van der Waals surface area contributed by atoms with Gasteiger partial charge in [0.25, 0.3) is 5.91 Å². The molecule has 1 aliphatic carbocycles. The summed E-state index contributed by atoms with van der Waals surface area (Å²) in [5.74, 6) is -0.0496. The lowest BCUT2D eigenvalue weighted by Gasteiger charge is -2.30. The molecule has 0 bridgehead atoms. The normalized spacial score (nSPS) is 22.4. The quantitative estimate of drug-likeness (QED) is 0.889. The van der Waals surface area contributed by atoms with Crippen LogP contribution in [-0.4, -0.2) is 32.2 Å². The fraction of sp³-hybridized carbons (Fsp3) is 0.562. The molecule has 110 valence electrons. The number of ether oxygens (including phenoxy) is 1. The number of rotatable bonds is 4. The standard InChI is InChI=1S/C16H24N2O2/c1-11-7-8-12(16(19)17-2)9-15(11)18-13-5-4-6-14(10-13)20-3/h7-9,13-14,18H,4-6,10H2,1-3H3,(H,17,19). The second-order valence-corrected chi connectivity index (χ2v) is 5.47. The summed E-state index contributed by atoms with van der Waals surface area (Å²) in [6.07, 6.45) is 4.86. The Morgan fingerprint density at radius 3 is 2.85 bits per heavy atom. The van der Waals surface area contributed by atoms with Crippen LogP contribution >= 0.6 is 0 Å². The molecule has 4 heteroatoms. The van der Waals surface area contributed by atoms with Crippen molar-refractivity contribution >= 4 is 11.6 Å². The highest BCUT2D eigenvalue weighted by Crippen LogP contribution is 2.26. The summed E-state index contributed by atoms with van der Waals surface area (Å²) in [5.41, 5.74) is 2.91. The summed E-state index contributed by atoms with van der Waals surface area (Å²) in [4.78, 5) is 11.7. The van der Waals surface area contributed by atoms with E-state index in [2.05, 4.69) is 17.6 Å². The van der Waals surface area contributed by atoms with Crippen molar-refractivity contribution in [3.05, 3.63) is 29.3 Å². The van der Waals surface area contributed by atoms with E-state index in [1.54, 1.807) is 14.2 Å². The number of carbonyl (C=O) groups excluding carboxylic acids is 1. The summed E-state index contributed by atoms with van der Waals surface area (Å²) in [6.45, 7) is 2.06. The van der Waals surface area contributed by atoms with Gasteiger partial charge in [-0.05, 0) is 50.3 Å². The lowest BCUT2D eigenvalue weighted by Crippen LogP contribution is -2.31. The van der Waals surface area contributed by atoms with Crippen molar-refractivity contribution in [1.29, 1.82) is 0 Å². The van der Waals surface area contributed by atoms with E-state index in [0.29, 0.717) is 17.7 Å². The van der Waals surface area contributed by atoms with Crippen LogP contribution in [0, 0.1) is 6.92 Å². The molecule has 0 aromatic heterocycles. The van der Waals surface area contributed by atoms with E-state index in [1.807, 2.05) is 18.2 Å². The third kappa shape index (κ3) is 3.51. The Bertz CT molecular complexity index is 474. The second-order valence-electron chi connectivity index (χ2n) is 5.47. The van der Waals surface area contributed by atoms with Crippen LogP contribution in [-0.2, 0) is 4.74 Å². The molecule has 0 radical (unpaired) electrons. The molecule has 1 amide bonds. The van der Waals surface area contributed by atoms with Gasteiger partial charge in [0.15, 0.2) is 0 Å². The fourth-order valence-corrected chi connectivity index (χ4v) is 2.77. The van der Waals surface area contributed by atoms with Crippen molar-refractivity contribution in [2.75, 3.05) is 19.5 Å². The molecule has 1 aliphatic rings. The molecule has 2 atom stereocenters. The highest BCUT2D eigenvalue weighted by Gasteiger charge is 2.22. The maximum atomic E-state index is 11.7. The van der Waals surface area contributed by atoms with Gasteiger partial charge in [-0.25, -0.2) is 0 Å². The van der Waals surface area contributed by atoms with Crippen molar-refractivity contribution in [3.8, 4) is 0 Å². The zero-order chi connectivity index (χ0) is 14.5. The average Bonchev–Trinajstić information content (AvgIpc) is 2.49. The van der Waals surface area contributed by atoms with Gasteiger partial charge < -0.3 is 15.4 Å². The highest BCUT2D eigenvalue weighted by atomic mass is 16.5. The van der Waals surface area contributed by atoms with Gasteiger partial charge in [-0.2, -0.15) is 0 Å². The molecule has 0 saturated heterocycles. The Balaban J connectivity index is 2.10. The zero-order valence-corrected chi connectivity index (χ0v) is 12.5. The first-order valence-corrected chi connectivity index (χ1v) is 7.26. The lowest BCUT2D eigenvalue weighted by molar-refractivity contribution is 0.0669. The molecule has 2 rings (SSSR count). The van der Waals surface area contributed by atoms with Gasteiger partial charge in [0.05, 0.1) is 6.10 Å². The smallest absolute Gasteiger partial charge is 0.251 e. The van der Waals surface area contributed by atoms with E-state index in [1.165, 1.54) is 6.42 Å². The van der Waals surface area contributed by atoms with E-state index in [4.69, 9.17) is 4.74 Å². The molecule has 1 aromatic rings. The minimum absolute atomic E-state index is 0.0496. The number of amides is 1. The van der Waals surface area contributed by atoms with Crippen LogP contribution in [0.1, 0.15) is 41.6 Å². The Kier molecular flexibility index (Phi) is 5.01. The molecular weight excluding hydrogens is 252 g/mol. The van der Waals surface area contributed by atoms with Crippen molar-refractivity contribution in [3.63, 3.8) is 0 Å².